The van der Waals surface area contributed by atoms with Gasteiger partial charge in [-0.2, -0.15) is 0 Å². The molecule has 94 valence electrons. The van der Waals surface area contributed by atoms with Gasteiger partial charge in [0.2, 0.25) is 5.91 Å². The number of carbonyl (C=O) groups excluding carboxylic acids is 1. The first kappa shape index (κ1) is 13.4. The quantitative estimate of drug-likeness (QED) is 0.643. The van der Waals surface area contributed by atoms with Crippen LogP contribution in [0.4, 0.5) is 0 Å². The van der Waals surface area contributed by atoms with Gasteiger partial charge in [0.25, 0.3) is 0 Å². The summed E-state index contributed by atoms with van der Waals surface area (Å²) in [6.07, 6.45) is 0.265. The fourth-order valence-corrected chi connectivity index (χ4v) is 2.00. The average molecular weight is 229 g/mol. The van der Waals surface area contributed by atoms with Crippen molar-refractivity contribution in [1.82, 2.24) is 15.1 Å². The molecule has 1 amide bonds. The molecule has 0 radical (unpaired) electrons. The van der Waals surface area contributed by atoms with Crippen LogP contribution >= 0.6 is 0 Å². The molecule has 0 aliphatic carbocycles. The van der Waals surface area contributed by atoms with Crippen molar-refractivity contribution in [3.63, 3.8) is 0 Å². The second kappa shape index (κ2) is 6.83. The van der Waals surface area contributed by atoms with Gasteiger partial charge in [0.05, 0.1) is 6.10 Å². The van der Waals surface area contributed by atoms with Gasteiger partial charge in [-0.3, -0.25) is 9.69 Å². The van der Waals surface area contributed by atoms with Crippen molar-refractivity contribution in [2.75, 3.05) is 46.3 Å². The highest BCUT2D eigenvalue weighted by Gasteiger charge is 2.21. The fraction of sp³-hybridized carbons (Fsp3) is 0.909. The summed E-state index contributed by atoms with van der Waals surface area (Å²) in [5.74, 6) is 0.232. The van der Waals surface area contributed by atoms with Crippen molar-refractivity contribution in [3.8, 4) is 0 Å². The third kappa shape index (κ3) is 4.08. The van der Waals surface area contributed by atoms with E-state index in [1.54, 1.807) is 0 Å². The predicted octanol–water partition coefficient (Wildman–Crippen LogP) is -0.879. The second-order valence-electron chi connectivity index (χ2n) is 4.25. The number of nitrogens with zero attached hydrogens (tertiary/aromatic N) is 2. The van der Waals surface area contributed by atoms with Crippen LogP contribution in [0.2, 0.25) is 0 Å². The molecular formula is C11H23N3O2. The first-order valence-electron chi connectivity index (χ1n) is 6.00. The van der Waals surface area contributed by atoms with Crippen LogP contribution in [-0.4, -0.2) is 73.2 Å². The summed E-state index contributed by atoms with van der Waals surface area (Å²) in [6.45, 7) is 6.52. The van der Waals surface area contributed by atoms with Crippen molar-refractivity contribution < 1.29 is 9.90 Å². The van der Waals surface area contributed by atoms with E-state index in [-0.39, 0.29) is 12.0 Å². The fourth-order valence-electron chi connectivity index (χ4n) is 2.00. The molecule has 1 unspecified atom stereocenters. The number of piperazine rings is 1. The minimum absolute atomic E-state index is 0.232. The van der Waals surface area contributed by atoms with E-state index in [0.29, 0.717) is 19.5 Å². The molecule has 1 aliphatic heterocycles. The van der Waals surface area contributed by atoms with Crippen LogP contribution in [0.5, 0.6) is 0 Å². The van der Waals surface area contributed by atoms with Crippen LogP contribution in [0.1, 0.15) is 13.3 Å². The number of aliphatic hydroxyl groups excluding tert-OH is 1. The zero-order chi connectivity index (χ0) is 12.0. The molecule has 1 atom stereocenters. The summed E-state index contributed by atoms with van der Waals surface area (Å²) in [5.41, 5.74) is 0. The zero-order valence-corrected chi connectivity index (χ0v) is 10.3. The number of hydrogen-bond donors (Lipinski definition) is 2. The Labute approximate surface area is 97.4 Å². The minimum Gasteiger partial charge on any atom is -0.390 e. The van der Waals surface area contributed by atoms with E-state index < -0.39 is 0 Å². The zero-order valence-electron chi connectivity index (χ0n) is 10.3. The molecule has 1 heterocycles. The van der Waals surface area contributed by atoms with Gasteiger partial charge in [-0.15, -0.1) is 0 Å². The molecule has 16 heavy (non-hydrogen) atoms. The summed E-state index contributed by atoms with van der Waals surface area (Å²) in [6, 6.07) is 0. The Balaban J connectivity index is 2.24. The van der Waals surface area contributed by atoms with Crippen molar-refractivity contribution >= 4 is 5.91 Å². The van der Waals surface area contributed by atoms with Gasteiger partial charge < -0.3 is 15.3 Å². The Bertz CT molecular complexity index is 215. The number of aliphatic hydroxyl groups is 1. The number of β-amino-alcohol motifs (C(OH)–C–C–N with tert-alkyl or cyclic N) is 1. The largest absolute Gasteiger partial charge is 0.390 e. The lowest BCUT2D eigenvalue weighted by Crippen LogP contribution is -2.51. The van der Waals surface area contributed by atoms with Crippen LogP contribution in [0.3, 0.4) is 0 Å². The summed E-state index contributed by atoms with van der Waals surface area (Å²) in [5, 5.41) is 12.6. The molecule has 0 aromatic carbocycles. The van der Waals surface area contributed by atoms with Crippen LogP contribution in [-0.2, 0) is 4.79 Å². The van der Waals surface area contributed by atoms with Gasteiger partial charge >= 0.3 is 0 Å². The average Bonchev–Trinajstić information content (AvgIpc) is 2.29. The van der Waals surface area contributed by atoms with Gasteiger partial charge in [0.15, 0.2) is 0 Å². The van der Waals surface area contributed by atoms with Crippen LogP contribution in [0.15, 0.2) is 0 Å². The summed E-state index contributed by atoms with van der Waals surface area (Å²) in [7, 11) is 1.83. The van der Waals surface area contributed by atoms with Crippen LogP contribution in [0, 0.1) is 0 Å². The standard InChI is InChI=1S/C11H23N3O2/c1-3-11(16)14-6-4-13(5-7-14)9-10(15)8-12-2/h10,12,15H,3-9H2,1-2H3. The predicted molar refractivity (Wildman–Crippen MR) is 63.2 cm³/mol. The van der Waals surface area contributed by atoms with Gasteiger partial charge in [0.1, 0.15) is 0 Å². The third-order valence-electron chi connectivity index (χ3n) is 2.94. The van der Waals surface area contributed by atoms with E-state index in [0.717, 1.165) is 26.2 Å². The Morgan fingerprint density at radius 1 is 1.38 bits per heavy atom. The molecule has 5 heteroatoms. The summed E-state index contributed by atoms with van der Waals surface area (Å²) < 4.78 is 0. The topological polar surface area (TPSA) is 55.8 Å². The van der Waals surface area contributed by atoms with Crippen LogP contribution < -0.4 is 5.32 Å². The van der Waals surface area contributed by atoms with E-state index in [4.69, 9.17) is 0 Å². The minimum atomic E-state index is -0.321. The maximum atomic E-state index is 11.4. The Morgan fingerprint density at radius 3 is 2.50 bits per heavy atom. The first-order valence-corrected chi connectivity index (χ1v) is 6.00. The Hall–Kier alpha value is -0.650. The van der Waals surface area contributed by atoms with E-state index in [1.165, 1.54) is 0 Å². The van der Waals surface area contributed by atoms with E-state index in [1.807, 2.05) is 18.9 Å². The lowest BCUT2D eigenvalue weighted by molar-refractivity contribution is -0.132. The molecular weight excluding hydrogens is 206 g/mol. The number of amides is 1. The summed E-state index contributed by atoms with van der Waals surface area (Å²) in [4.78, 5) is 15.6. The molecule has 0 aromatic heterocycles. The second-order valence-corrected chi connectivity index (χ2v) is 4.25. The smallest absolute Gasteiger partial charge is 0.222 e. The van der Waals surface area contributed by atoms with E-state index in [2.05, 4.69) is 10.2 Å². The number of carbonyl (C=O) groups is 1. The third-order valence-corrected chi connectivity index (χ3v) is 2.94. The van der Waals surface area contributed by atoms with Crippen molar-refractivity contribution in [2.24, 2.45) is 0 Å². The monoisotopic (exact) mass is 229 g/mol. The Morgan fingerprint density at radius 2 is 2.00 bits per heavy atom. The Kier molecular flexibility index (Phi) is 5.73. The lowest BCUT2D eigenvalue weighted by Gasteiger charge is -2.35. The molecule has 1 saturated heterocycles. The molecule has 0 aromatic rings. The van der Waals surface area contributed by atoms with Gasteiger partial charge in [-0.1, -0.05) is 6.92 Å². The molecule has 1 fully saturated rings. The number of rotatable bonds is 5. The number of hydrogen-bond acceptors (Lipinski definition) is 4. The molecule has 2 N–H and O–H groups in total. The van der Waals surface area contributed by atoms with Crippen molar-refractivity contribution in [2.45, 2.75) is 19.4 Å². The highest BCUT2D eigenvalue weighted by molar-refractivity contribution is 5.75. The molecule has 0 bridgehead atoms. The van der Waals surface area contributed by atoms with E-state index >= 15 is 0 Å². The molecule has 5 nitrogen and oxygen atoms in total. The highest BCUT2D eigenvalue weighted by atomic mass is 16.3. The van der Waals surface area contributed by atoms with Crippen LogP contribution in [0.25, 0.3) is 0 Å². The molecule has 0 saturated carbocycles. The van der Waals surface area contributed by atoms with E-state index in [9.17, 15) is 9.90 Å². The number of likely N-dealkylation sites (N-methyl/N-ethyl adjacent to an activating group) is 1. The van der Waals surface area contributed by atoms with Crippen molar-refractivity contribution in [3.05, 3.63) is 0 Å². The molecule has 1 rings (SSSR count). The van der Waals surface area contributed by atoms with Crippen molar-refractivity contribution in [1.29, 1.82) is 0 Å². The van der Waals surface area contributed by atoms with Gasteiger partial charge in [0, 0.05) is 45.7 Å². The summed E-state index contributed by atoms with van der Waals surface area (Å²) >= 11 is 0. The molecule has 1 aliphatic rings. The van der Waals surface area contributed by atoms with Gasteiger partial charge in [-0.25, -0.2) is 0 Å². The maximum Gasteiger partial charge on any atom is 0.222 e. The SMILES string of the molecule is CCC(=O)N1CCN(CC(O)CNC)CC1. The lowest BCUT2D eigenvalue weighted by atomic mass is 10.2. The van der Waals surface area contributed by atoms with Gasteiger partial charge in [-0.05, 0) is 7.05 Å². The maximum absolute atomic E-state index is 11.4. The first-order chi connectivity index (χ1) is 7.67. The molecule has 0 spiro atoms. The highest BCUT2D eigenvalue weighted by Crippen LogP contribution is 2.04. The number of nitrogens with one attached hydrogen (secondary N) is 1. The normalized spacial score (nSPS) is 19.8.